The van der Waals surface area contributed by atoms with E-state index in [0.29, 0.717) is 25.1 Å². The largest absolute Gasteiger partial charge is 0.323 e. The van der Waals surface area contributed by atoms with Crippen molar-refractivity contribution in [2.45, 2.75) is 26.2 Å². The van der Waals surface area contributed by atoms with Crippen molar-refractivity contribution in [2.75, 3.05) is 28.2 Å². The summed E-state index contributed by atoms with van der Waals surface area (Å²) in [5.74, 6) is -2.77. The molecule has 1 saturated heterocycles. The number of amides is 3. The molecule has 3 amide bonds. The first-order valence-electron chi connectivity index (χ1n) is 9.87. The second-order valence-corrected chi connectivity index (χ2v) is 7.48. The molecule has 4 rings (SSSR count). The summed E-state index contributed by atoms with van der Waals surface area (Å²) in [5.41, 5.74) is 2.26. The second kappa shape index (κ2) is 7.85. The number of rotatable bonds is 4. The molecule has 0 aliphatic carbocycles. The summed E-state index contributed by atoms with van der Waals surface area (Å²) in [4.78, 5) is 40.4. The molecule has 2 aromatic carbocycles. The fourth-order valence-electron chi connectivity index (χ4n) is 3.97. The molecule has 1 fully saturated rings. The Morgan fingerprint density at radius 1 is 1.17 bits per heavy atom. The summed E-state index contributed by atoms with van der Waals surface area (Å²) in [6.07, 6.45) is 1.12. The molecule has 1 N–H and O–H groups in total. The highest BCUT2D eigenvalue weighted by molar-refractivity contribution is 6.04. The summed E-state index contributed by atoms with van der Waals surface area (Å²) >= 11 is 0. The van der Waals surface area contributed by atoms with Gasteiger partial charge in [0.15, 0.2) is 0 Å². The van der Waals surface area contributed by atoms with Gasteiger partial charge < -0.3 is 15.1 Å². The summed E-state index contributed by atoms with van der Waals surface area (Å²) in [6, 6.07) is 8.29. The van der Waals surface area contributed by atoms with Crippen molar-refractivity contribution >= 4 is 34.8 Å². The van der Waals surface area contributed by atoms with Crippen LogP contribution in [0.1, 0.15) is 25.3 Å². The van der Waals surface area contributed by atoms with E-state index in [1.807, 2.05) is 19.1 Å². The Hall–Kier alpha value is -3.29. The zero-order chi connectivity index (χ0) is 21.4. The maximum atomic E-state index is 13.8. The Labute approximate surface area is 172 Å². The van der Waals surface area contributed by atoms with Crippen molar-refractivity contribution in [1.82, 2.24) is 0 Å². The van der Waals surface area contributed by atoms with Gasteiger partial charge in [0, 0.05) is 43.4 Å². The second-order valence-electron chi connectivity index (χ2n) is 7.48. The van der Waals surface area contributed by atoms with Crippen LogP contribution < -0.4 is 15.1 Å². The van der Waals surface area contributed by atoms with Crippen molar-refractivity contribution in [3.63, 3.8) is 0 Å². The highest BCUT2D eigenvalue weighted by Crippen LogP contribution is 2.34. The maximum absolute atomic E-state index is 13.8. The third kappa shape index (κ3) is 3.65. The lowest BCUT2D eigenvalue weighted by Gasteiger charge is -2.20. The number of hydrogen-bond donors (Lipinski definition) is 1. The zero-order valence-corrected chi connectivity index (χ0v) is 16.5. The van der Waals surface area contributed by atoms with Crippen LogP contribution in [0.25, 0.3) is 0 Å². The number of anilines is 3. The zero-order valence-electron chi connectivity index (χ0n) is 16.5. The van der Waals surface area contributed by atoms with Gasteiger partial charge in [0.1, 0.15) is 11.6 Å². The molecule has 156 valence electrons. The van der Waals surface area contributed by atoms with Gasteiger partial charge in [0.25, 0.3) is 0 Å². The number of carbonyl (C=O) groups excluding carboxylic acids is 3. The fourth-order valence-corrected chi connectivity index (χ4v) is 3.97. The van der Waals surface area contributed by atoms with E-state index in [4.69, 9.17) is 0 Å². The molecule has 1 unspecified atom stereocenters. The van der Waals surface area contributed by atoms with Crippen molar-refractivity contribution in [3.8, 4) is 0 Å². The molecule has 2 heterocycles. The van der Waals surface area contributed by atoms with Gasteiger partial charge in [-0.1, -0.05) is 6.92 Å². The average Bonchev–Trinajstić information content (AvgIpc) is 3.33. The molecular formula is C22H21F2N3O3. The third-order valence-electron chi connectivity index (χ3n) is 5.56. The first-order chi connectivity index (χ1) is 14.4. The topological polar surface area (TPSA) is 69.7 Å². The van der Waals surface area contributed by atoms with Gasteiger partial charge in [-0.05, 0) is 42.3 Å². The van der Waals surface area contributed by atoms with Crippen LogP contribution in [-0.4, -0.2) is 30.8 Å². The predicted molar refractivity (Wildman–Crippen MR) is 108 cm³/mol. The first kappa shape index (κ1) is 20.0. The molecule has 1 atom stereocenters. The summed E-state index contributed by atoms with van der Waals surface area (Å²) in [6.45, 7) is 2.58. The van der Waals surface area contributed by atoms with Crippen molar-refractivity contribution in [3.05, 3.63) is 53.6 Å². The van der Waals surface area contributed by atoms with E-state index in [0.717, 1.165) is 29.4 Å². The van der Waals surface area contributed by atoms with Gasteiger partial charge in [-0.15, -0.1) is 0 Å². The Balaban J connectivity index is 1.48. The highest BCUT2D eigenvalue weighted by atomic mass is 19.1. The number of fused-ring (bicyclic) bond motifs is 1. The van der Waals surface area contributed by atoms with Crippen LogP contribution in [-0.2, 0) is 20.8 Å². The van der Waals surface area contributed by atoms with Crippen LogP contribution >= 0.6 is 0 Å². The number of benzene rings is 2. The number of carbonyl (C=O) groups is 3. The molecule has 6 nitrogen and oxygen atoms in total. The summed E-state index contributed by atoms with van der Waals surface area (Å²) < 4.78 is 27.1. The fraction of sp³-hybridized carbons (Fsp3) is 0.318. The molecule has 2 aromatic rings. The van der Waals surface area contributed by atoms with Gasteiger partial charge in [-0.2, -0.15) is 0 Å². The minimum absolute atomic E-state index is 0.0136. The standard InChI is InChI=1S/C22H21F2N3O3/c1-2-20(28)26-8-7-13-9-16(4-6-19(13)26)27-12-14(10-21(27)29)22(30)25-18-11-15(23)3-5-17(18)24/h3-6,9,11,14H,2,7-8,10,12H2,1H3,(H,25,30). The molecule has 2 aliphatic rings. The molecule has 30 heavy (non-hydrogen) atoms. The monoisotopic (exact) mass is 413 g/mol. The molecule has 0 aromatic heterocycles. The Morgan fingerprint density at radius 2 is 1.97 bits per heavy atom. The highest BCUT2D eigenvalue weighted by Gasteiger charge is 2.36. The third-order valence-corrected chi connectivity index (χ3v) is 5.56. The van der Waals surface area contributed by atoms with Gasteiger partial charge in [-0.25, -0.2) is 8.78 Å². The van der Waals surface area contributed by atoms with Gasteiger partial charge in [-0.3, -0.25) is 14.4 Å². The number of hydrogen-bond acceptors (Lipinski definition) is 3. The van der Waals surface area contributed by atoms with E-state index >= 15 is 0 Å². The van der Waals surface area contributed by atoms with Crippen LogP contribution in [0.3, 0.4) is 0 Å². The number of nitrogens with one attached hydrogen (secondary N) is 1. The van der Waals surface area contributed by atoms with Gasteiger partial charge in [0.05, 0.1) is 11.6 Å². The minimum Gasteiger partial charge on any atom is -0.323 e. The Bertz CT molecular complexity index is 1040. The smallest absolute Gasteiger partial charge is 0.229 e. The summed E-state index contributed by atoms with van der Waals surface area (Å²) in [5, 5.41) is 2.37. The first-order valence-corrected chi connectivity index (χ1v) is 9.87. The van der Waals surface area contributed by atoms with E-state index in [2.05, 4.69) is 5.32 Å². The van der Waals surface area contributed by atoms with E-state index < -0.39 is 23.5 Å². The lowest BCUT2D eigenvalue weighted by molar-refractivity contribution is -0.122. The maximum Gasteiger partial charge on any atom is 0.229 e. The SMILES string of the molecule is CCC(=O)N1CCc2cc(N3CC(C(=O)Nc4cc(F)ccc4F)CC3=O)ccc21. The van der Waals surface area contributed by atoms with Crippen LogP contribution in [0.5, 0.6) is 0 Å². The number of nitrogens with zero attached hydrogens (tertiary/aromatic N) is 2. The molecule has 0 radical (unpaired) electrons. The summed E-state index contributed by atoms with van der Waals surface area (Å²) in [7, 11) is 0. The van der Waals surface area contributed by atoms with Crippen LogP contribution in [0, 0.1) is 17.6 Å². The van der Waals surface area contributed by atoms with E-state index in [1.165, 1.54) is 4.90 Å². The normalized spacial score (nSPS) is 18.0. The van der Waals surface area contributed by atoms with Crippen molar-refractivity contribution < 1.29 is 23.2 Å². The van der Waals surface area contributed by atoms with Gasteiger partial charge in [0.2, 0.25) is 17.7 Å². The lowest BCUT2D eigenvalue weighted by Crippen LogP contribution is -2.29. The van der Waals surface area contributed by atoms with E-state index in [9.17, 15) is 23.2 Å². The van der Waals surface area contributed by atoms with Crippen LogP contribution in [0.2, 0.25) is 0 Å². The Kier molecular flexibility index (Phi) is 5.24. The number of halogens is 2. The van der Waals surface area contributed by atoms with Gasteiger partial charge >= 0.3 is 0 Å². The molecule has 0 saturated carbocycles. The van der Waals surface area contributed by atoms with E-state index in [1.54, 1.807) is 11.0 Å². The molecular weight excluding hydrogens is 392 g/mol. The average molecular weight is 413 g/mol. The van der Waals surface area contributed by atoms with Crippen molar-refractivity contribution in [2.24, 2.45) is 5.92 Å². The predicted octanol–water partition coefficient (Wildman–Crippen LogP) is 3.26. The van der Waals surface area contributed by atoms with E-state index in [-0.39, 0.29) is 30.5 Å². The molecule has 0 bridgehead atoms. The minimum atomic E-state index is -0.740. The Morgan fingerprint density at radius 3 is 2.73 bits per heavy atom. The molecule has 2 aliphatic heterocycles. The quantitative estimate of drug-likeness (QED) is 0.837. The van der Waals surface area contributed by atoms with Crippen LogP contribution in [0.4, 0.5) is 25.8 Å². The van der Waals surface area contributed by atoms with Crippen LogP contribution in [0.15, 0.2) is 36.4 Å². The molecule has 0 spiro atoms. The molecule has 8 heteroatoms. The lowest BCUT2D eigenvalue weighted by atomic mass is 10.1. The van der Waals surface area contributed by atoms with Crippen molar-refractivity contribution in [1.29, 1.82) is 0 Å².